The van der Waals surface area contributed by atoms with E-state index < -0.39 is 0 Å². The van der Waals surface area contributed by atoms with Crippen molar-refractivity contribution in [3.05, 3.63) is 68.8 Å². The first-order valence-corrected chi connectivity index (χ1v) is 8.06. The molecule has 23 heavy (non-hydrogen) atoms. The van der Waals surface area contributed by atoms with E-state index in [0.29, 0.717) is 10.7 Å². The van der Waals surface area contributed by atoms with Crippen molar-refractivity contribution in [2.24, 2.45) is 7.05 Å². The molecule has 0 saturated heterocycles. The van der Waals surface area contributed by atoms with Crippen LogP contribution >= 0.6 is 22.9 Å². The van der Waals surface area contributed by atoms with Crippen molar-refractivity contribution in [2.45, 2.75) is 0 Å². The molecule has 0 radical (unpaired) electrons. The van der Waals surface area contributed by atoms with Crippen molar-refractivity contribution >= 4 is 50.8 Å². The predicted molar refractivity (Wildman–Crippen MR) is 96.2 cm³/mol. The minimum absolute atomic E-state index is 0.0221. The summed E-state index contributed by atoms with van der Waals surface area (Å²) in [6.07, 6.45) is 3.17. The smallest absolute Gasteiger partial charge is 0.307 e. The summed E-state index contributed by atoms with van der Waals surface area (Å²) in [6.45, 7) is 0. The summed E-state index contributed by atoms with van der Waals surface area (Å²) in [7, 11) is 1.73. The zero-order valence-corrected chi connectivity index (χ0v) is 13.8. The van der Waals surface area contributed by atoms with Gasteiger partial charge in [0.15, 0.2) is 0 Å². The molecule has 4 nitrogen and oxygen atoms in total. The first-order chi connectivity index (χ1) is 11.0. The van der Waals surface area contributed by atoms with E-state index in [1.165, 1.54) is 6.08 Å². The lowest BCUT2D eigenvalue weighted by atomic mass is 10.2. The van der Waals surface area contributed by atoms with Gasteiger partial charge in [-0.15, -0.1) is 0 Å². The second kappa shape index (κ2) is 6.40. The zero-order chi connectivity index (χ0) is 16.4. The van der Waals surface area contributed by atoms with Gasteiger partial charge in [-0.3, -0.25) is 9.59 Å². The topological polar surface area (TPSA) is 51.1 Å². The SMILES string of the molecule is Cn1c(=O)sc2cc(NC(=O)/C=C/c3ccc(Cl)cc3)ccc21. The Bertz CT molecular complexity index is 955. The van der Waals surface area contributed by atoms with Gasteiger partial charge in [0.2, 0.25) is 5.91 Å². The van der Waals surface area contributed by atoms with Crippen molar-refractivity contribution in [1.29, 1.82) is 0 Å². The van der Waals surface area contributed by atoms with Gasteiger partial charge in [-0.05, 0) is 42.0 Å². The molecule has 1 aromatic heterocycles. The van der Waals surface area contributed by atoms with E-state index in [0.717, 1.165) is 27.1 Å². The summed E-state index contributed by atoms with van der Waals surface area (Å²) in [6, 6.07) is 12.6. The maximum Gasteiger partial charge on any atom is 0.307 e. The second-order valence-electron chi connectivity index (χ2n) is 4.98. The van der Waals surface area contributed by atoms with E-state index in [9.17, 15) is 9.59 Å². The van der Waals surface area contributed by atoms with Crippen LogP contribution in [0.25, 0.3) is 16.3 Å². The van der Waals surface area contributed by atoms with Crippen LogP contribution in [0, 0.1) is 0 Å². The molecule has 0 saturated carbocycles. The summed E-state index contributed by atoms with van der Waals surface area (Å²) in [5, 5.41) is 3.44. The highest BCUT2D eigenvalue weighted by Crippen LogP contribution is 2.21. The molecule has 0 aliphatic carbocycles. The summed E-state index contributed by atoms with van der Waals surface area (Å²) in [5.41, 5.74) is 2.40. The van der Waals surface area contributed by atoms with E-state index in [2.05, 4.69) is 5.32 Å². The van der Waals surface area contributed by atoms with Gasteiger partial charge in [0, 0.05) is 23.8 Å². The third kappa shape index (κ3) is 3.52. The summed E-state index contributed by atoms with van der Waals surface area (Å²) in [4.78, 5) is 23.6. The van der Waals surface area contributed by atoms with Crippen LogP contribution < -0.4 is 10.2 Å². The van der Waals surface area contributed by atoms with E-state index in [1.54, 1.807) is 42.0 Å². The molecule has 0 atom stereocenters. The highest BCUT2D eigenvalue weighted by Gasteiger charge is 2.05. The largest absolute Gasteiger partial charge is 0.322 e. The average molecular weight is 345 g/mol. The number of thiazole rings is 1. The molecule has 3 rings (SSSR count). The fourth-order valence-corrected chi connectivity index (χ4v) is 3.19. The van der Waals surface area contributed by atoms with Crippen molar-refractivity contribution in [2.75, 3.05) is 5.32 Å². The van der Waals surface area contributed by atoms with E-state index in [4.69, 9.17) is 11.6 Å². The Morgan fingerprint density at radius 3 is 2.70 bits per heavy atom. The third-order valence-electron chi connectivity index (χ3n) is 3.36. The molecule has 0 fully saturated rings. The van der Waals surface area contributed by atoms with Crippen LogP contribution in [-0.2, 0) is 11.8 Å². The van der Waals surface area contributed by atoms with Gasteiger partial charge in [-0.2, -0.15) is 0 Å². The standard InChI is InChI=1S/C17H13ClN2O2S/c1-20-14-8-7-13(10-15(14)23-17(20)22)19-16(21)9-4-11-2-5-12(18)6-3-11/h2-10H,1H3,(H,19,21)/b9-4+. The Morgan fingerprint density at radius 2 is 1.96 bits per heavy atom. The molecule has 0 bridgehead atoms. The van der Waals surface area contributed by atoms with Gasteiger partial charge in [0.1, 0.15) is 0 Å². The number of nitrogens with one attached hydrogen (secondary N) is 1. The number of aromatic nitrogens is 1. The molecule has 2 aromatic carbocycles. The van der Waals surface area contributed by atoms with Crippen molar-refractivity contribution < 1.29 is 4.79 Å². The molecule has 0 unspecified atom stereocenters. The Hall–Kier alpha value is -2.37. The van der Waals surface area contributed by atoms with Crippen molar-refractivity contribution in [1.82, 2.24) is 4.57 Å². The highest BCUT2D eigenvalue weighted by atomic mass is 35.5. The molecule has 0 aliphatic rings. The van der Waals surface area contributed by atoms with Crippen LogP contribution in [-0.4, -0.2) is 10.5 Å². The predicted octanol–water partition coefficient (Wildman–Crippen LogP) is 3.91. The number of carbonyl (C=O) groups is 1. The van der Waals surface area contributed by atoms with Crippen LogP contribution in [0.4, 0.5) is 5.69 Å². The van der Waals surface area contributed by atoms with E-state index >= 15 is 0 Å². The van der Waals surface area contributed by atoms with Gasteiger partial charge >= 0.3 is 4.87 Å². The number of hydrogen-bond donors (Lipinski definition) is 1. The Balaban J connectivity index is 1.74. The van der Waals surface area contributed by atoms with Crippen molar-refractivity contribution in [3.8, 4) is 0 Å². The molecule has 1 amide bonds. The highest BCUT2D eigenvalue weighted by molar-refractivity contribution is 7.16. The van der Waals surface area contributed by atoms with Crippen LogP contribution in [0.2, 0.25) is 5.02 Å². The number of benzene rings is 2. The quantitative estimate of drug-likeness (QED) is 0.732. The maximum absolute atomic E-state index is 12.0. The average Bonchev–Trinajstić information content (AvgIpc) is 2.81. The van der Waals surface area contributed by atoms with Gasteiger partial charge in [0.25, 0.3) is 0 Å². The molecule has 116 valence electrons. The van der Waals surface area contributed by atoms with Gasteiger partial charge in [-0.1, -0.05) is 35.1 Å². The number of halogens is 1. The van der Waals surface area contributed by atoms with Crippen LogP contribution in [0.1, 0.15) is 5.56 Å². The fraction of sp³-hybridized carbons (Fsp3) is 0.0588. The minimum Gasteiger partial charge on any atom is -0.322 e. The zero-order valence-electron chi connectivity index (χ0n) is 12.2. The number of carbonyl (C=O) groups excluding carboxylic acids is 1. The summed E-state index contributed by atoms with van der Waals surface area (Å²) in [5.74, 6) is -0.234. The normalized spacial score (nSPS) is 11.2. The van der Waals surface area contributed by atoms with Crippen LogP contribution in [0.15, 0.2) is 53.3 Å². The molecule has 6 heteroatoms. The lowest BCUT2D eigenvalue weighted by Crippen LogP contribution is -2.08. The molecule has 0 aliphatic heterocycles. The second-order valence-corrected chi connectivity index (χ2v) is 6.41. The molecule has 3 aromatic rings. The van der Waals surface area contributed by atoms with Crippen LogP contribution in [0.3, 0.4) is 0 Å². The summed E-state index contributed by atoms with van der Waals surface area (Å²) < 4.78 is 2.43. The number of amides is 1. The number of fused-ring (bicyclic) bond motifs is 1. The number of rotatable bonds is 3. The Labute approximate surface area is 141 Å². The number of hydrogen-bond acceptors (Lipinski definition) is 3. The van der Waals surface area contributed by atoms with Crippen molar-refractivity contribution in [3.63, 3.8) is 0 Å². The van der Waals surface area contributed by atoms with Gasteiger partial charge < -0.3 is 9.88 Å². The fourth-order valence-electron chi connectivity index (χ4n) is 2.14. The lowest BCUT2D eigenvalue weighted by molar-refractivity contribution is -0.111. The lowest BCUT2D eigenvalue weighted by Gasteiger charge is -2.02. The van der Waals surface area contributed by atoms with Gasteiger partial charge in [0.05, 0.1) is 10.2 Å². The monoisotopic (exact) mass is 344 g/mol. The first kappa shape index (κ1) is 15.5. The molecule has 0 spiro atoms. The number of anilines is 1. The molecular weight excluding hydrogens is 332 g/mol. The third-order valence-corrected chi connectivity index (χ3v) is 4.60. The number of nitrogens with zero attached hydrogens (tertiary/aromatic N) is 1. The van der Waals surface area contributed by atoms with Gasteiger partial charge in [-0.25, -0.2) is 0 Å². The first-order valence-electron chi connectivity index (χ1n) is 6.87. The minimum atomic E-state index is -0.234. The maximum atomic E-state index is 12.0. The Morgan fingerprint density at radius 1 is 1.22 bits per heavy atom. The molecular formula is C17H13ClN2O2S. The molecule has 1 N–H and O–H groups in total. The summed E-state index contributed by atoms with van der Waals surface area (Å²) >= 11 is 6.97. The van der Waals surface area contributed by atoms with E-state index in [-0.39, 0.29) is 10.8 Å². The van der Waals surface area contributed by atoms with Crippen LogP contribution in [0.5, 0.6) is 0 Å². The Kier molecular flexibility index (Phi) is 4.32. The van der Waals surface area contributed by atoms with E-state index in [1.807, 2.05) is 18.2 Å². The molecule has 1 heterocycles. The number of aryl methyl sites for hydroxylation is 1.